The van der Waals surface area contributed by atoms with E-state index in [1.54, 1.807) is 0 Å². The van der Waals surface area contributed by atoms with Crippen molar-refractivity contribution in [3.8, 4) is 22.4 Å². The topological polar surface area (TPSA) is 26.0 Å². The SMILES string of the molecule is Cc1ccc(-c2cccc3c2oc2c(-c4cc5ccccc5c5ccccc45)cccc23)nc1. The molecule has 0 spiro atoms. The Balaban J connectivity index is 1.57. The fourth-order valence-electron chi connectivity index (χ4n) is 5.14. The lowest BCUT2D eigenvalue weighted by molar-refractivity contribution is 0.671. The van der Waals surface area contributed by atoms with Gasteiger partial charge in [-0.2, -0.15) is 0 Å². The maximum Gasteiger partial charge on any atom is 0.144 e. The number of fused-ring (bicyclic) bond motifs is 6. The number of para-hydroxylation sites is 2. The van der Waals surface area contributed by atoms with Crippen LogP contribution in [0.2, 0.25) is 0 Å². The minimum absolute atomic E-state index is 0.881. The van der Waals surface area contributed by atoms with Crippen LogP contribution in [-0.4, -0.2) is 4.98 Å². The molecule has 0 bridgehead atoms. The van der Waals surface area contributed by atoms with Crippen molar-refractivity contribution in [1.82, 2.24) is 4.98 Å². The van der Waals surface area contributed by atoms with Crippen molar-refractivity contribution in [3.05, 3.63) is 115 Å². The van der Waals surface area contributed by atoms with E-state index in [4.69, 9.17) is 4.42 Å². The minimum atomic E-state index is 0.881. The molecular weight excluding hydrogens is 414 g/mol. The first-order valence-corrected chi connectivity index (χ1v) is 11.6. The molecule has 0 aliphatic rings. The quantitative estimate of drug-likeness (QED) is 0.253. The highest BCUT2D eigenvalue weighted by molar-refractivity contribution is 6.18. The summed E-state index contributed by atoms with van der Waals surface area (Å²) in [7, 11) is 0. The molecule has 2 heteroatoms. The number of hydrogen-bond acceptors (Lipinski definition) is 2. The fourth-order valence-corrected chi connectivity index (χ4v) is 5.14. The Labute approximate surface area is 197 Å². The first-order valence-electron chi connectivity index (χ1n) is 11.6. The first kappa shape index (κ1) is 19.1. The highest BCUT2D eigenvalue weighted by Crippen LogP contribution is 2.42. The zero-order valence-electron chi connectivity index (χ0n) is 18.7. The number of nitrogens with zero attached hydrogens (tertiary/aromatic N) is 1. The van der Waals surface area contributed by atoms with Gasteiger partial charge in [-0.1, -0.05) is 84.9 Å². The molecule has 0 fully saturated rings. The van der Waals surface area contributed by atoms with Crippen molar-refractivity contribution < 1.29 is 4.42 Å². The van der Waals surface area contributed by atoms with E-state index in [2.05, 4.69) is 115 Å². The van der Waals surface area contributed by atoms with Gasteiger partial charge in [-0.25, -0.2) is 0 Å². The van der Waals surface area contributed by atoms with E-state index < -0.39 is 0 Å². The Morgan fingerprint density at radius 1 is 0.529 bits per heavy atom. The normalized spacial score (nSPS) is 11.7. The van der Waals surface area contributed by atoms with Crippen LogP contribution in [0.5, 0.6) is 0 Å². The van der Waals surface area contributed by atoms with Gasteiger partial charge in [-0.05, 0) is 57.8 Å². The molecule has 2 heterocycles. The molecule has 0 atom stereocenters. The molecule has 0 aliphatic carbocycles. The Hall–Kier alpha value is -4.43. The smallest absolute Gasteiger partial charge is 0.144 e. The van der Waals surface area contributed by atoms with E-state index in [0.29, 0.717) is 0 Å². The molecule has 7 rings (SSSR count). The summed E-state index contributed by atoms with van der Waals surface area (Å²) in [5.74, 6) is 0. The molecule has 0 N–H and O–H groups in total. The third kappa shape index (κ3) is 2.79. The molecule has 2 nitrogen and oxygen atoms in total. The largest absolute Gasteiger partial charge is 0.455 e. The summed E-state index contributed by atoms with van der Waals surface area (Å²) in [6.45, 7) is 2.05. The van der Waals surface area contributed by atoms with Crippen LogP contribution < -0.4 is 0 Å². The van der Waals surface area contributed by atoms with Gasteiger partial charge in [-0.3, -0.25) is 4.98 Å². The van der Waals surface area contributed by atoms with Gasteiger partial charge in [0.05, 0.1) is 5.69 Å². The van der Waals surface area contributed by atoms with Crippen LogP contribution in [-0.2, 0) is 0 Å². The summed E-state index contributed by atoms with van der Waals surface area (Å²) < 4.78 is 6.67. The number of benzene rings is 5. The molecule has 0 radical (unpaired) electrons. The average Bonchev–Trinajstić information content (AvgIpc) is 3.28. The molecule has 0 unspecified atom stereocenters. The number of rotatable bonds is 2. The number of aromatic nitrogens is 1. The zero-order valence-corrected chi connectivity index (χ0v) is 18.7. The second kappa shape index (κ2) is 7.29. The molecule has 0 amide bonds. The lowest BCUT2D eigenvalue weighted by Crippen LogP contribution is -1.85. The maximum absolute atomic E-state index is 6.67. The molecule has 34 heavy (non-hydrogen) atoms. The monoisotopic (exact) mass is 435 g/mol. The summed E-state index contributed by atoms with van der Waals surface area (Å²) in [4.78, 5) is 4.66. The molecule has 5 aromatic carbocycles. The molecule has 7 aromatic rings. The lowest BCUT2D eigenvalue weighted by Gasteiger charge is -2.11. The van der Waals surface area contributed by atoms with Crippen LogP contribution in [0.4, 0.5) is 0 Å². The Bertz CT molecular complexity index is 1860. The van der Waals surface area contributed by atoms with E-state index in [0.717, 1.165) is 44.3 Å². The lowest BCUT2D eigenvalue weighted by atomic mass is 9.92. The van der Waals surface area contributed by atoms with Gasteiger partial charge in [0.25, 0.3) is 0 Å². The van der Waals surface area contributed by atoms with Gasteiger partial charge in [-0.15, -0.1) is 0 Å². The van der Waals surface area contributed by atoms with Gasteiger partial charge in [0.15, 0.2) is 0 Å². The van der Waals surface area contributed by atoms with Crippen LogP contribution >= 0.6 is 0 Å². The molecule has 160 valence electrons. The van der Waals surface area contributed by atoms with Crippen LogP contribution in [0.1, 0.15) is 5.56 Å². The third-order valence-corrected chi connectivity index (χ3v) is 6.77. The second-order valence-corrected chi connectivity index (χ2v) is 8.88. The Morgan fingerprint density at radius 3 is 1.94 bits per heavy atom. The molecule has 0 aliphatic heterocycles. The van der Waals surface area contributed by atoms with E-state index in [1.165, 1.54) is 27.1 Å². The van der Waals surface area contributed by atoms with Crippen molar-refractivity contribution in [3.63, 3.8) is 0 Å². The van der Waals surface area contributed by atoms with Gasteiger partial charge >= 0.3 is 0 Å². The highest BCUT2D eigenvalue weighted by atomic mass is 16.3. The van der Waals surface area contributed by atoms with E-state index in [-0.39, 0.29) is 0 Å². The summed E-state index contributed by atoms with van der Waals surface area (Å²) in [5, 5.41) is 7.23. The number of aryl methyl sites for hydroxylation is 1. The number of pyridine rings is 1. The third-order valence-electron chi connectivity index (χ3n) is 6.77. The van der Waals surface area contributed by atoms with Gasteiger partial charge in [0.1, 0.15) is 11.2 Å². The molecule has 0 saturated carbocycles. The van der Waals surface area contributed by atoms with Crippen molar-refractivity contribution in [2.45, 2.75) is 6.92 Å². The van der Waals surface area contributed by atoms with Crippen LogP contribution in [0.15, 0.2) is 114 Å². The highest BCUT2D eigenvalue weighted by Gasteiger charge is 2.17. The van der Waals surface area contributed by atoms with Crippen molar-refractivity contribution in [1.29, 1.82) is 0 Å². The minimum Gasteiger partial charge on any atom is -0.455 e. The van der Waals surface area contributed by atoms with Crippen LogP contribution in [0.3, 0.4) is 0 Å². The van der Waals surface area contributed by atoms with Crippen LogP contribution in [0.25, 0.3) is 65.9 Å². The molecule has 0 saturated heterocycles. The average molecular weight is 436 g/mol. The molecule has 2 aromatic heterocycles. The second-order valence-electron chi connectivity index (χ2n) is 8.88. The summed E-state index contributed by atoms with van der Waals surface area (Å²) in [6, 6.07) is 36.5. The summed E-state index contributed by atoms with van der Waals surface area (Å²) in [6.07, 6.45) is 1.91. The fraction of sp³-hybridized carbons (Fsp3) is 0.0312. The van der Waals surface area contributed by atoms with E-state index >= 15 is 0 Å². The van der Waals surface area contributed by atoms with Gasteiger partial charge < -0.3 is 4.42 Å². The van der Waals surface area contributed by atoms with E-state index in [9.17, 15) is 0 Å². The van der Waals surface area contributed by atoms with Gasteiger partial charge in [0.2, 0.25) is 0 Å². The summed E-state index contributed by atoms with van der Waals surface area (Å²) >= 11 is 0. The number of hydrogen-bond donors (Lipinski definition) is 0. The van der Waals surface area contributed by atoms with Crippen molar-refractivity contribution in [2.75, 3.05) is 0 Å². The number of furan rings is 1. The van der Waals surface area contributed by atoms with Crippen molar-refractivity contribution in [2.24, 2.45) is 0 Å². The first-order chi connectivity index (χ1) is 16.8. The maximum atomic E-state index is 6.67. The van der Waals surface area contributed by atoms with Crippen LogP contribution in [0, 0.1) is 6.92 Å². The predicted molar refractivity (Wildman–Crippen MR) is 142 cm³/mol. The molecular formula is C32H21NO. The summed E-state index contributed by atoms with van der Waals surface area (Å²) in [5.41, 5.74) is 7.18. The Morgan fingerprint density at radius 2 is 1.18 bits per heavy atom. The zero-order chi connectivity index (χ0) is 22.6. The Kier molecular flexibility index (Phi) is 4.09. The standard InChI is InChI=1S/C32H21NO/c1-20-16-17-30(33-19-20)28-15-7-13-26-25-12-6-14-27(31(25)34-32(26)28)29-18-21-8-2-3-9-22(21)23-10-4-5-11-24(23)29/h2-19H,1H3. The predicted octanol–water partition coefficient (Wildman–Crippen LogP) is 8.93. The van der Waals surface area contributed by atoms with Gasteiger partial charge in [0, 0.05) is 28.1 Å². The van der Waals surface area contributed by atoms with E-state index in [1.807, 2.05) is 6.20 Å². The van der Waals surface area contributed by atoms with Crippen molar-refractivity contribution >= 4 is 43.5 Å².